The van der Waals surface area contributed by atoms with E-state index in [2.05, 4.69) is 30.6 Å². The zero-order valence-electron chi connectivity index (χ0n) is 11.1. The van der Waals surface area contributed by atoms with Crippen LogP contribution in [0.25, 0.3) is 0 Å². The average molecular weight is 225 g/mol. The molecule has 1 unspecified atom stereocenters. The zero-order valence-corrected chi connectivity index (χ0v) is 11.1. The Hall–Kier alpha value is -0.120. The van der Waals surface area contributed by atoms with Crippen molar-refractivity contribution in [1.29, 1.82) is 0 Å². The summed E-state index contributed by atoms with van der Waals surface area (Å²) in [4.78, 5) is 5.27. The fourth-order valence-electron chi connectivity index (χ4n) is 3.41. The van der Waals surface area contributed by atoms with Crippen LogP contribution in [0.3, 0.4) is 0 Å². The Morgan fingerprint density at radius 1 is 1.44 bits per heavy atom. The number of nitrogens with two attached hydrogens (primary N) is 1. The van der Waals surface area contributed by atoms with E-state index >= 15 is 0 Å². The van der Waals surface area contributed by atoms with Gasteiger partial charge >= 0.3 is 0 Å². The first-order valence-corrected chi connectivity index (χ1v) is 6.84. The van der Waals surface area contributed by atoms with Crippen molar-refractivity contribution in [2.45, 2.75) is 57.7 Å². The first-order chi connectivity index (χ1) is 7.63. The minimum Gasteiger partial charge on any atom is -0.329 e. The molecule has 0 aromatic rings. The van der Waals surface area contributed by atoms with Crippen LogP contribution in [0.1, 0.15) is 40.0 Å². The SMILES string of the molecule is CCN(C(C)C)C1(CN)CCN(C2CC2)C1. The molecule has 0 radical (unpaired) electrons. The second-order valence-electron chi connectivity index (χ2n) is 5.76. The van der Waals surface area contributed by atoms with Crippen LogP contribution in [0.4, 0.5) is 0 Å². The molecule has 0 amide bonds. The molecule has 0 aromatic carbocycles. The molecule has 3 nitrogen and oxygen atoms in total. The van der Waals surface area contributed by atoms with E-state index < -0.39 is 0 Å². The van der Waals surface area contributed by atoms with Crippen LogP contribution < -0.4 is 5.73 Å². The van der Waals surface area contributed by atoms with Gasteiger partial charge in [-0.25, -0.2) is 0 Å². The van der Waals surface area contributed by atoms with E-state index in [1.165, 1.54) is 32.4 Å². The lowest BCUT2D eigenvalue weighted by molar-refractivity contribution is 0.0720. The van der Waals surface area contributed by atoms with E-state index in [9.17, 15) is 0 Å². The summed E-state index contributed by atoms with van der Waals surface area (Å²) in [5, 5.41) is 0. The van der Waals surface area contributed by atoms with Crippen LogP contribution in [0.2, 0.25) is 0 Å². The molecular formula is C13H27N3. The van der Waals surface area contributed by atoms with Crippen molar-refractivity contribution < 1.29 is 0 Å². The third-order valence-electron chi connectivity index (χ3n) is 4.38. The summed E-state index contributed by atoms with van der Waals surface area (Å²) in [5.41, 5.74) is 6.35. The molecule has 16 heavy (non-hydrogen) atoms. The molecule has 2 fully saturated rings. The second-order valence-corrected chi connectivity index (χ2v) is 5.76. The summed E-state index contributed by atoms with van der Waals surface area (Å²) in [6, 6.07) is 1.49. The highest BCUT2D eigenvalue weighted by Crippen LogP contribution is 2.36. The minimum atomic E-state index is 0.255. The topological polar surface area (TPSA) is 32.5 Å². The van der Waals surface area contributed by atoms with Gasteiger partial charge in [-0.15, -0.1) is 0 Å². The molecule has 1 aliphatic heterocycles. The maximum absolute atomic E-state index is 6.10. The molecule has 1 atom stereocenters. The van der Waals surface area contributed by atoms with Crippen molar-refractivity contribution in [3.05, 3.63) is 0 Å². The van der Waals surface area contributed by atoms with Gasteiger partial charge in [0.2, 0.25) is 0 Å². The lowest BCUT2D eigenvalue weighted by Crippen LogP contribution is -2.58. The minimum absolute atomic E-state index is 0.255. The normalized spacial score (nSPS) is 31.9. The van der Waals surface area contributed by atoms with Crippen molar-refractivity contribution in [3.63, 3.8) is 0 Å². The number of likely N-dealkylation sites (N-methyl/N-ethyl adjacent to an activating group) is 1. The van der Waals surface area contributed by atoms with E-state index in [0.717, 1.165) is 19.1 Å². The van der Waals surface area contributed by atoms with Crippen molar-refractivity contribution >= 4 is 0 Å². The summed E-state index contributed by atoms with van der Waals surface area (Å²) in [5.74, 6) is 0. The summed E-state index contributed by atoms with van der Waals surface area (Å²) in [6.45, 7) is 11.2. The van der Waals surface area contributed by atoms with Crippen LogP contribution in [0, 0.1) is 0 Å². The van der Waals surface area contributed by atoms with Gasteiger partial charge in [0.05, 0.1) is 0 Å². The number of likely N-dealkylation sites (tertiary alicyclic amines) is 1. The van der Waals surface area contributed by atoms with Gasteiger partial charge in [-0.3, -0.25) is 9.80 Å². The molecule has 0 bridgehead atoms. The molecular weight excluding hydrogens is 198 g/mol. The van der Waals surface area contributed by atoms with Crippen molar-refractivity contribution in [2.24, 2.45) is 5.73 Å². The molecule has 0 aromatic heterocycles. The predicted molar refractivity (Wildman–Crippen MR) is 68.5 cm³/mol. The Bertz CT molecular complexity index is 237. The van der Waals surface area contributed by atoms with Gasteiger partial charge in [-0.1, -0.05) is 6.92 Å². The van der Waals surface area contributed by atoms with Crippen LogP contribution in [0.5, 0.6) is 0 Å². The number of nitrogens with zero attached hydrogens (tertiary/aromatic N) is 2. The third-order valence-corrected chi connectivity index (χ3v) is 4.38. The van der Waals surface area contributed by atoms with Crippen molar-refractivity contribution in [3.8, 4) is 0 Å². The fraction of sp³-hybridized carbons (Fsp3) is 1.00. The van der Waals surface area contributed by atoms with Gasteiger partial charge < -0.3 is 5.73 Å². The predicted octanol–water partition coefficient (Wildman–Crippen LogP) is 1.28. The summed E-state index contributed by atoms with van der Waals surface area (Å²) in [6.07, 6.45) is 4.08. The van der Waals surface area contributed by atoms with Gasteiger partial charge in [0.25, 0.3) is 0 Å². The summed E-state index contributed by atoms with van der Waals surface area (Å²) >= 11 is 0. The van der Waals surface area contributed by atoms with E-state index in [1.54, 1.807) is 0 Å². The maximum atomic E-state index is 6.10. The second kappa shape index (κ2) is 4.63. The van der Waals surface area contributed by atoms with E-state index in [1.807, 2.05) is 0 Å². The maximum Gasteiger partial charge on any atom is 0.0473 e. The highest BCUT2D eigenvalue weighted by Gasteiger charge is 2.45. The Labute approximate surface area is 100.0 Å². The fourth-order valence-corrected chi connectivity index (χ4v) is 3.41. The van der Waals surface area contributed by atoms with Crippen LogP contribution in [-0.2, 0) is 0 Å². The standard InChI is InChI=1S/C13H27N3/c1-4-16(11(2)3)13(9-14)7-8-15(10-13)12-5-6-12/h11-12H,4-10,14H2,1-3H3. The molecule has 0 spiro atoms. The van der Waals surface area contributed by atoms with Crippen LogP contribution in [-0.4, -0.2) is 53.6 Å². The van der Waals surface area contributed by atoms with E-state index in [0.29, 0.717) is 6.04 Å². The third kappa shape index (κ3) is 2.13. The first-order valence-electron chi connectivity index (χ1n) is 6.84. The largest absolute Gasteiger partial charge is 0.329 e. The van der Waals surface area contributed by atoms with Crippen LogP contribution >= 0.6 is 0 Å². The zero-order chi connectivity index (χ0) is 11.8. The molecule has 1 saturated heterocycles. The first kappa shape index (κ1) is 12.3. The smallest absolute Gasteiger partial charge is 0.0473 e. The molecule has 2 aliphatic rings. The number of hydrogen-bond donors (Lipinski definition) is 1. The Morgan fingerprint density at radius 2 is 2.12 bits per heavy atom. The van der Waals surface area contributed by atoms with Crippen molar-refractivity contribution in [2.75, 3.05) is 26.2 Å². The Morgan fingerprint density at radius 3 is 2.56 bits per heavy atom. The van der Waals surface area contributed by atoms with E-state index in [4.69, 9.17) is 5.73 Å². The number of hydrogen-bond acceptors (Lipinski definition) is 3. The van der Waals surface area contributed by atoms with Gasteiger partial charge in [0.15, 0.2) is 0 Å². The lowest BCUT2D eigenvalue weighted by atomic mass is 9.94. The van der Waals surface area contributed by atoms with Gasteiger partial charge in [-0.2, -0.15) is 0 Å². The highest BCUT2D eigenvalue weighted by molar-refractivity contribution is 5.04. The molecule has 1 aliphatic carbocycles. The average Bonchev–Trinajstić information content (AvgIpc) is 3.01. The molecule has 2 N–H and O–H groups in total. The Kier molecular flexibility index (Phi) is 3.57. The van der Waals surface area contributed by atoms with E-state index in [-0.39, 0.29) is 5.54 Å². The summed E-state index contributed by atoms with van der Waals surface area (Å²) in [7, 11) is 0. The monoisotopic (exact) mass is 225 g/mol. The Balaban J connectivity index is 2.06. The highest BCUT2D eigenvalue weighted by atomic mass is 15.3. The molecule has 1 heterocycles. The van der Waals surface area contributed by atoms with Gasteiger partial charge in [-0.05, 0) is 39.7 Å². The quantitative estimate of drug-likeness (QED) is 0.765. The molecule has 2 rings (SSSR count). The number of rotatable bonds is 5. The van der Waals surface area contributed by atoms with Crippen molar-refractivity contribution in [1.82, 2.24) is 9.80 Å². The molecule has 1 saturated carbocycles. The van der Waals surface area contributed by atoms with Gasteiger partial charge in [0.1, 0.15) is 0 Å². The van der Waals surface area contributed by atoms with Crippen LogP contribution in [0.15, 0.2) is 0 Å². The summed E-state index contributed by atoms with van der Waals surface area (Å²) < 4.78 is 0. The van der Waals surface area contributed by atoms with Gasteiger partial charge in [0, 0.05) is 37.3 Å². The molecule has 94 valence electrons. The lowest BCUT2D eigenvalue weighted by Gasteiger charge is -2.43. The molecule has 3 heteroatoms.